The van der Waals surface area contributed by atoms with Crippen molar-refractivity contribution in [3.63, 3.8) is 0 Å². The first kappa shape index (κ1) is 19.6. The lowest BCUT2D eigenvalue weighted by Crippen LogP contribution is -2.19. The van der Waals surface area contributed by atoms with E-state index in [-0.39, 0.29) is 5.75 Å². The molecule has 1 aromatic heterocycles. The minimum atomic E-state index is -0.435. The van der Waals surface area contributed by atoms with Crippen molar-refractivity contribution in [1.29, 1.82) is 0 Å². The Kier molecular flexibility index (Phi) is 6.11. The molecule has 0 unspecified atom stereocenters. The minimum absolute atomic E-state index is 0.183. The molecule has 0 atom stereocenters. The average molecular weight is 397 g/mol. The molecule has 3 rings (SSSR count). The first-order valence-corrected chi connectivity index (χ1v) is 9.08. The highest BCUT2D eigenvalue weighted by atomic mass is 35.5. The molecule has 1 N–H and O–H groups in total. The van der Waals surface area contributed by atoms with Crippen LogP contribution in [0.1, 0.15) is 16.7 Å². The van der Waals surface area contributed by atoms with Crippen LogP contribution in [0.2, 0.25) is 5.02 Å². The van der Waals surface area contributed by atoms with Crippen LogP contribution in [0.4, 0.5) is 11.6 Å². The second-order valence-electron chi connectivity index (χ2n) is 6.23. The number of ether oxygens (including phenoxy) is 1. The molecule has 0 aliphatic carbocycles. The summed E-state index contributed by atoms with van der Waals surface area (Å²) in [6.07, 6.45) is 3.45. The summed E-state index contributed by atoms with van der Waals surface area (Å²) in [7, 11) is 3.19. The van der Waals surface area contributed by atoms with Gasteiger partial charge in [0, 0.05) is 24.0 Å². The van der Waals surface area contributed by atoms with Gasteiger partial charge in [0.25, 0.3) is 0 Å². The van der Waals surface area contributed by atoms with Gasteiger partial charge in [-0.1, -0.05) is 41.9 Å². The molecule has 0 fully saturated rings. The molecule has 7 heteroatoms. The van der Waals surface area contributed by atoms with Gasteiger partial charge < -0.3 is 14.6 Å². The van der Waals surface area contributed by atoms with Crippen LogP contribution in [0.3, 0.4) is 0 Å². The molecule has 0 bridgehead atoms. The highest BCUT2D eigenvalue weighted by Crippen LogP contribution is 2.26. The molecule has 0 radical (unpaired) electrons. The van der Waals surface area contributed by atoms with E-state index in [0.717, 1.165) is 22.4 Å². The number of hydrogen-bond donors (Lipinski definition) is 1. The van der Waals surface area contributed by atoms with Crippen molar-refractivity contribution in [3.8, 4) is 5.75 Å². The first-order valence-electron chi connectivity index (χ1n) is 8.70. The Bertz CT molecular complexity index is 1060. The maximum Gasteiger partial charge on any atom is 0.316 e. The fourth-order valence-corrected chi connectivity index (χ4v) is 2.93. The van der Waals surface area contributed by atoms with Crippen LogP contribution in [-0.2, 0) is 6.54 Å². The molecule has 2 aromatic carbocycles. The molecular formula is C21H21ClN4O2. The highest BCUT2D eigenvalue weighted by Gasteiger charge is 2.12. The Morgan fingerprint density at radius 2 is 2.00 bits per heavy atom. The van der Waals surface area contributed by atoms with E-state index in [1.165, 1.54) is 7.11 Å². The summed E-state index contributed by atoms with van der Waals surface area (Å²) < 4.78 is 7.00. The molecule has 144 valence electrons. The fraction of sp³-hybridized carbons (Fsp3) is 0.190. The smallest absolute Gasteiger partial charge is 0.316 e. The van der Waals surface area contributed by atoms with Gasteiger partial charge in [-0.2, -0.15) is 4.98 Å². The predicted octanol–water partition coefficient (Wildman–Crippen LogP) is 4.05. The molecule has 0 saturated heterocycles. The molecule has 28 heavy (non-hydrogen) atoms. The van der Waals surface area contributed by atoms with Crippen LogP contribution in [0.25, 0.3) is 0 Å². The number of aliphatic imine (C=N–C) groups is 1. The zero-order valence-electron chi connectivity index (χ0n) is 15.9. The van der Waals surface area contributed by atoms with Gasteiger partial charge in [-0.05, 0) is 35.7 Å². The fourth-order valence-electron chi connectivity index (χ4n) is 2.75. The Labute approximate surface area is 168 Å². The van der Waals surface area contributed by atoms with E-state index in [9.17, 15) is 4.79 Å². The Morgan fingerprint density at radius 3 is 2.68 bits per heavy atom. The maximum absolute atomic E-state index is 12.2. The maximum atomic E-state index is 12.2. The van der Waals surface area contributed by atoms with Gasteiger partial charge in [0.15, 0.2) is 0 Å². The van der Waals surface area contributed by atoms with Gasteiger partial charge in [0.05, 0.1) is 19.9 Å². The van der Waals surface area contributed by atoms with E-state index in [0.29, 0.717) is 17.5 Å². The van der Waals surface area contributed by atoms with E-state index in [4.69, 9.17) is 16.3 Å². The quantitative estimate of drug-likeness (QED) is 0.638. The molecular weight excluding hydrogens is 376 g/mol. The highest BCUT2D eigenvalue weighted by molar-refractivity contribution is 6.31. The van der Waals surface area contributed by atoms with Crippen LogP contribution in [0.5, 0.6) is 5.75 Å². The van der Waals surface area contributed by atoms with Crippen molar-refractivity contribution in [1.82, 2.24) is 9.55 Å². The number of nitrogens with zero attached hydrogens (tertiary/aromatic N) is 3. The number of hydrogen-bond acceptors (Lipinski definition) is 5. The summed E-state index contributed by atoms with van der Waals surface area (Å²) in [4.78, 5) is 20.4. The van der Waals surface area contributed by atoms with Gasteiger partial charge in [0.2, 0.25) is 11.7 Å². The van der Waals surface area contributed by atoms with Crippen molar-refractivity contribution < 1.29 is 4.74 Å². The lowest BCUT2D eigenvalue weighted by atomic mass is 10.1. The van der Waals surface area contributed by atoms with Crippen LogP contribution >= 0.6 is 11.6 Å². The van der Waals surface area contributed by atoms with Gasteiger partial charge in [-0.3, -0.25) is 9.79 Å². The first-order chi connectivity index (χ1) is 13.5. The summed E-state index contributed by atoms with van der Waals surface area (Å²) in [5.74, 6) is 0.596. The third-order valence-corrected chi connectivity index (χ3v) is 4.72. The summed E-state index contributed by atoms with van der Waals surface area (Å²) in [5.41, 5.74) is 3.30. The Hall–Kier alpha value is -3.12. The third-order valence-electron chi connectivity index (χ3n) is 4.31. The van der Waals surface area contributed by atoms with Crippen LogP contribution in [-0.4, -0.2) is 29.9 Å². The standard InChI is InChI=1S/C21H21ClN4O2/c1-14-17(22)5-4-6-18(14)24-21-25-20(27)19(28-3)13-26(21)12-16-9-7-15(8-10-16)11-23-2/h4-11,13H,12H2,1-3H3,(H,24,25,27). The lowest BCUT2D eigenvalue weighted by Gasteiger charge is -2.16. The largest absolute Gasteiger partial charge is 0.490 e. The summed E-state index contributed by atoms with van der Waals surface area (Å²) in [6.45, 7) is 2.42. The van der Waals surface area contributed by atoms with E-state index in [2.05, 4.69) is 15.3 Å². The topological polar surface area (TPSA) is 68.5 Å². The average Bonchev–Trinajstić information content (AvgIpc) is 2.69. The van der Waals surface area contributed by atoms with Crippen LogP contribution in [0, 0.1) is 6.92 Å². The molecule has 0 amide bonds. The monoisotopic (exact) mass is 396 g/mol. The molecule has 3 aromatic rings. The lowest BCUT2D eigenvalue weighted by molar-refractivity contribution is 0.402. The van der Waals surface area contributed by atoms with Gasteiger partial charge >= 0.3 is 5.56 Å². The van der Waals surface area contributed by atoms with Crippen molar-refractivity contribution >= 4 is 29.5 Å². The molecule has 0 spiro atoms. The van der Waals surface area contributed by atoms with Crippen molar-refractivity contribution in [2.45, 2.75) is 13.5 Å². The normalized spacial score (nSPS) is 11.0. The summed E-state index contributed by atoms with van der Waals surface area (Å²) in [5, 5.41) is 3.86. The zero-order chi connectivity index (χ0) is 20.1. The molecule has 0 saturated carbocycles. The molecule has 1 heterocycles. The Balaban J connectivity index is 1.98. The van der Waals surface area contributed by atoms with E-state index < -0.39 is 5.56 Å². The predicted molar refractivity (Wildman–Crippen MR) is 114 cm³/mol. The second kappa shape index (κ2) is 8.71. The van der Waals surface area contributed by atoms with Gasteiger partial charge in [-0.15, -0.1) is 0 Å². The number of nitrogens with one attached hydrogen (secondary N) is 1. The van der Waals surface area contributed by atoms with Gasteiger partial charge in [-0.25, -0.2) is 0 Å². The van der Waals surface area contributed by atoms with Crippen molar-refractivity contribution in [3.05, 3.63) is 80.7 Å². The van der Waals surface area contributed by atoms with Crippen LogP contribution < -0.4 is 15.6 Å². The van der Waals surface area contributed by atoms with E-state index in [1.807, 2.05) is 54.0 Å². The third kappa shape index (κ3) is 4.40. The van der Waals surface area contributed by atoms with E-state index in [1.54, 1.807) is 19.5 Å². The Morgan fingerprint density at radius 1 is 1.25 bits per heavy atom. The number of anilines is 2. The number of aromatic nitrogens is 2. The SMILES string of the molecule is CN=Cc1ccc(Cn2cc(OC)c(=O)nc2Nc2cccc(Cl)c2C)cc1. The van der Waals surface area contributed by atoms with Gasteiger partial charge in [0.1, 0.15) is 0 Å². The summed E-state index contributed by atoms with van der Waals surface area (Å²) in [6, 6.07) is 13.6. The minimum Gasteiger partial charge on any atom is -0.490 e. The number of methoxy groups -OCH3 is 1. The van der Waals surface area contributed by atoms with Crippen molar-refractivity contribution in [2.75, 3.05) is 19.5 Å². The number of benzene rings is 2. The number of rotatable bonds is 6. The molecule has 6 nitrogen and oxygen atoms in total. The second-order valence-corrected chi connectivity index (χ2v) is 6.64. The van der Waals surface area contributed by atoms with Crippen LogP contribution in [0.15, 0.2) is 58.4 Å². The number of halogens is 1. The summed E-state index contributed by atoms with van der Waals surface area (Å²) >= 11 is 6.21. The van der Waals surface area contributed by atoms with Crippen molar-refractivity contribution in [2.24, 2.45) is 4.99 Å². The zero-order valence-corrected chi connectivity index (χ0v) is 16.7. The molecule has 0 aliphatic heterocycles. The molecule has 0 aliphatic rings. The van der Waals surface area contributed by atoms with E-state index >= 15 is 0 Å².